The van der Waals surface area contributed by atoms with Gasteiger partial charge in [0.05, 0.1) is 22.9 Å². The normalized spacial score (nSPS) is 21.6. The number of H-pyrrole nitrogens is 1. The highest BCUT2D eigenvalue weighted by atomic mass is 127. The van der Waals surface area contributed by atoms with Gasteiger partial charge in [-0.1, -0.05) is 47.0 Å². The number of thioether (sulfide) groups is 1. The third-order valence-electron chi connectivity index (χ3n) is 4.79. The molecule has 1 aromatic heterocycles. The van der Waals surface area contributed by atoms with Crippen LogP contribution in [-0.4, -0.2) is 32.3 Å². The van der Waals surface area contributed by atoms with Gasteiger partial charge in [0.25, 0.3) is 0 Å². The van der Waals surface area contributed by atoms with Crippen molar-refractivity contribution in [2.24, 2.45) is 4.99 Å². The Balaban J connectivity index is 1.66. The molecule has 6 heteroatoms. The number of nitrogens with zero attached hydrogens (tertiary/aromatic N) is 1. The molecular formula is C18H21ClIN3S. The van der Waals surface area contributed by atoms with E-state index in [1.54, 1.807) is 0 Å². The summed E-state index contributed by atoms with van der Waals surface area (Å²) in [5.41, 5.74) is 3.41. The molecule has 0 bridgehead atoms. The summed E-state index contributed by atoms with van der Waals surface area (Å²) < 4.78 is 1.16. The lowest BCUT2D eigenvalue weighted by Crippen LogP contribution is -2.14. The van der Waals surface area contributed by atoms with Crippen molar-refractivity contribution < 1.29 is 0 Å². The molecule has 1 fully saturated rings. The second kappa shape index (κ2) is 7.46. The molecule has 2 heterocycles. The quantitative estimate of drug-likeness (QED) is 0.421. The van der Waals surface area contributed by atoms with Crippen molar-refractivity contribution in [1.29, 1.82) is 0 Å². The van der Waals surface area contributed by atoms with Crippen LogP contribution in [0.3, 0.4) is 0 Å². The fraction of sp³-hybridized carbons (Fsp3) is 0.500. The summed E-state index contributed by atoms with van der Waals surface area (Å²) in [7, 11) is 0. The zero-order chi connectivity index (χ0) is 16.5. The lowest BCUT2D eigenvalue weighted by molar-refractivity contribution is 0.751. The molecule has 4 rings (SSSR count). The fourth-order valence-corrected chi connectivity index (χ4v) is 5.59. The molecule has 1 aromatic carbocycles. The number of aliphatic imine (C=N–C) groups is 1. The predicted molar refractivity (Wildman–Crippen MR) is 115 cm³/mol. The van der Waals surface area contributed by atoms with Gasteiger partial charge in [0, 0.05) is 26.6 Å². The highest BCUT2D eigenvalue weighted by Crippen LogP contribution is 2.33. The number of halogens is 2. The van der Waals surface area contributed by atoms with E-state index in [1.807, 2.05) is 23.9 Å². The molecule has 24 heavy (non-hydrogen) atoms. The monoisotopic (exact) mass is 473 g/mol. The van der Waals surface area contributed by atoms with E-state index < -0.39 is 0 Å². The summed E-state index contributed by atoms with van der Waals surface area (Å²) in [6.07, 6.45) is 6.31. The fourth-order valence-electron chi connectivity index (χ4n) is 3.56. The standard InChI is InChI=1S/C18H21ClIN3S/c19-12-7-11-8-16(18-22-14(5-6-20)10-24-18)23-17(11)15(9-12)21-13-3-1-2-4-13/h7-9,13-14,21,23H,1-6,10H2. The summed E-state index contributed by atoms with van der Waals surface area (Å²) in [4.78, 5) is 8.48. The number of hydrogen-bond donors (Lipinski definition) is 2. The van der Waals surface area contributed by atoms with E-state index in [1.165, 1.54) is 31.1 Å². The third-order valence-corrected chi connectivity index (χ3v) is 6.78. The third kappa shape index (κ3) is 3.58. The van der Waals surface area contributed by atoms with Crippen LogP contribution in [0.2, 0.25) is 5.02 Å². The molecule has 0 radical (unpaired) electrons. The number of fused-ring (bicyclic) bond motifs is 1. The summed E-state index contributed by atoms with van der Waals surface area (Å²) in [6.45, 7) is 0. The van der Waals surface area contributed by atoms with E-state index in [0.717, 1.165) is 43.6 Å². The second-order valence-corrected chi connectivity index (χ2v) is 9.13. The molecule has 1 unspecified atom stereocenters. The van der Waals surface area contributed by atoms with E-state index in [0.29, 0.717) is 12.1 Å². The highest BCUT2D eigenvalue weighted by molar-refractivity contribution is 14.1. The van der Waals surface area contributed by atoms with E-state index in [9.17, 15) is 0 Å². The molecular weight excluding hydrogens is 453 g/mol. The lowest BCUT2D eigenvalue weighted by atomic mass is 10.2. The van der Waals surface area contributed by atoms with Gasteiger partial charge in [-0.05, 0) is 37.5 Å². The number of aromatic nitrogens is 1. The lowest BCUT2D eigenvalue weighted by Gasteiger charge is -2.14. The van der Waals surface area contributed by atoms with Gasteiger partial charge in [-0.15, -0.1) is 11.8 Å². The largest absolute Gasteiger partial charge is 0.381 e. The van der Waals surface area contributed by atoms with E-state index in [2.05, 4.69) is 39.0 Å². The van der Waals surface area contributed by atoms with Gasteiger partial charge in [-0.25, -0.2) is 0 Å². The van der Waals surface area contributed by atoms with Crippen molar-refractivity contribution >= 4 is 67.6 Å². The van der Waals surface area contributed by atoms with E-state index in [4.69, 9.17) is 16.6 Å². The van der Waals surface area contributed by atoms with Gasteiger partial charge in [-0.3, -0.25) is 4.99 Å². The van der Waals surface area contributed by atoms with Gasteiger partial charge in [-0.2, -0.15) is 0 Å². The Morgan fingerprint density at radius 2 is 2.12 bits per heavy atom. The molecule has 0 amide bonds. The molecule has 2 N–H and O–H groups in total. The van der Waals surface area contributed by atoms with Gasteiger partial charge in [0.2, 0.25) is 0 Å². The van der Waals surface area contributed by atoms with Gasteiger partial charge in [0.15, 0.2) is 0 Å². The van der Waals surface area contributed by atoms with Gasteiger partial charge >= 0.3 is 0 Å². The van der Waals surface area contributed by atoms with Gasteiger partial charge < -0.3 is 10.3 Å². The molecule has 0 saturated heterocycles. The molecule has 1 aliphatic heterocycles. The van der Waals surface area contributed by atoms with Crippen LogP contribution in [-0.2, 0) is 0 Å². The van der Waals surface area contributed by atoms with Crippen molar-refractivity contribution in [1.82, 2.24) is 4.98 Å². The topological polar surface area (TPSA) is 40.2 Å². The summed E-state index contributed by atoms with van der Waals surface area (Å²) in [5.74, 6) is 1.10. The minimum absolute atomic E-state index is 0.466. The first kappa shape index (κ1) is 17.0. The average Bonchev–Trinajstić information content (AvgIpc) is 3.26. The van der Waals surface area contributed by atoms with Crippen molar-refractivity contribution in [2.45, 2.75) is 44.2 Å². The SMILES string of the molecule is Clc1cc(NC2CCCC2)c2[nH]c(C3=NC(CCI)CS3)cc2c1. The first-order valence-corrected chi connectivity index (χ1v) is 11.5. The second-order valence-electron chi connectivity index (χ2n) is 6.60. The molecule has 3 nitrogen and oxygen atoms in total. The summed E-state index contributed by atoms with van der Waals surface area (Å²) in [6, 6.07) is 7.32. The predicted octanol–water partition coefficient (Wildman–Crippen LogP) is 5.86. The first-order chi connectivity index (χ1) is 11.7. The van der Waals surface area contributed by atoms with Crippen LogP contribution in [0, 0.1) is 0 Å². The average molecular weight is 474 g/mol. The number of benzene rings is 1. The molecule has 2 aliphatic rings. The van der Waals surface area contributed by atoms with Crippen LogP contribution in [0.4, 0.5) is 5.69 Å². The van der Waals surface area contributed by atoms with Crippen molar-refractivity contribution in [3.05, 3.63) is 28.9 Å². The number of nitrogens with one attached hydrogen (secondary N) is 2. The first-order valence-electron chi connectivity index (χ1n) is 8.58. The van der Waals surface area contributed by atoms with Crippen LogP contribution >= 0.6 is 46.0 Å². The minimum atomic E-state index is 0.466. The van der Waals surface area contributed by atoms with E-state index in [-0.39, 0.29) is 0 Å². The number of hydrogen-bond acceptors (Lipinski definition) is 3. The Morgan fingerprint density at radius 3 is 2.92 bits per heavy atom. The van der Waals surface area contributed by atoms with E-state index >= 15 is 0 Å². The maximum Gasteiger partial charge on any atom is 0.114 e. The Hall–Kier alpha value is -0.400. The Bertz CT molecular complexity index is 767. The van der Waals surface area contributed by atoms with Crippen LogP contribution in [0.25, 0.3) is 10.9 Å². The highest BCUT2D eigenvalue weighted by Gasteiger charge is 2.21. The molecule has 0 spiro atoms. The van der Waals surface area contributed by atoms with Crippen molar-refractivity contribution in [3.8, 4) is 0 Å². The molecule has 1 atom stereocenters. The van der Waals surface area contributed by atoms with Crippen LogP contribution in [0.15, 0.2) is 23.2 Å². The van der Waals surface area contributed by atoms with Crippen LogP contribution < -0.4 is 5.32 Å². The number of alkyl halides is 1. The minimum Gasteiger partial charge on any atom is -0.381 e. The number of aromatic amines is 1. The van der Waals surface area contributed by atoms with Crippen molar-refractivity contribution in [3.63, 3.8) is 0 Å². The van der Waals surface area contributed by atoms with Crippen molar-refractivity contribution in [2.75, 3.05) is 15.5 Å². The van der Waals surface area contributed by atoms with Gasteiger partial charge in [0.1, 0.15) is 5.04 Å². The zero-order valence-electron chi connectivity index (χ0n) is 13.4. The summed E-state index contributed by atoms with van der Waals surface area (Å²) >= 11 is 10.6. The maximum atomic E-state index is 6.35. The smallest absolute Gasteiger partial charge is 0.114 e. The van der Waals surface area contributed by atoms with Crippen LogP contribution in [0.1, 0.15) is 37.8 Å². The molecule has 1 aliphatic carbocycles. The molecule has 128 valence electrons. The number of anilines is 1. The number of rotatable bonds is 5. The Morgan fingerprint density at radius 1 is 1.29 bits per heavy atom. The summed E-state index contributed by atoms with van der Waals surface area (Å²) in [5, 5.41) is 6.79. The maximum absolute atomic E-state index is 6.35. The molecule has 1 saturated carbocycles. The van der Waals surface area contributed by atoms with Crippen LogP contribution in [0.5, 0.6) is 0 Å². The Kier molecular flexibility index (Phi) is 5.29. The Labute approximate surface area is 165 Å². The molecule has 2 aromatic rings. The zero-order valence-corrected chi connectivity index (χ0v) is 17.2.